The van der Waals surface area contributed by atoms with Crippen LogP contribution in [0.2, 0.25) is 0 Å². The van der Waals surface area contributed by atoms with Gasteiger partial charge in [0.05, 0.1) is 5.75 Å². The molecule has 0 aliphatic rings. The summed E-state index contributed by atoms with van der Waals surface area (Å²) in [6.07, 6.45) is 17.5. The van der Waals surface area contributed by atoms with Crippen LogP contribution < -0.4 is 10.0 Å². The van der Waals surface area contributed by atoms with Gasteiger partial charge in [-0.2, -0.15) is 0 Å². The molecule has 1 aromatic rings. The predicted molar refractivity (Wildman–Crippen MR) is 140 cm³/mol. The van der Waals surface area contributed by atoms with E-state index in [4.69, 9.17) is 0 Å². The van der Waals surface area contributed by atoms with E-state index in [-0.39, 0.29) is 17.5 Å². The number of nitrogens with one attached hydrogen (secondary N) is 2. The lowest BCUT2D eigenvalue weighted by Gasteiger charge is -2.07. The Labute approximate surface area is 201 Å². The number of rotatable bonds is 20. The molecule has 2 N–H and O–H groups in total. The third-order valence-corrected chi connectivity index (χ3v) is 7.69. The van der Waals surface area contributed by atoms with Crippen LogP contribution in [0, 0.1) is 0 Å². The summed E-state index contributed by atoms with van der Waals surface area (Å²) in [4.78, 5) is 11.8. The van der Waals surface area contributed by atoms with E-state index in [1.165, 1.54) is 70.6 Å². The number of sulfonamides is 1. The van der Waals surface area contributed by atoms with Crippen LogP contribution in [0.1, 0.15) is 96.8 Å². The van der Waals surface area contributed by atoms with Gasteiger partial charge in [-0.15, -0.1) is 0 Å². The zero-order valence-corrected chi connectivity index (χ0v) is 21.6. The van der Waals surface area contributed by atoms with Crippen LogP contribution >= 0.6 is 11.8 Å². The zero-order chi connectivity index (χ0) is 23.3. The minimum atomic E-state index is -3.25. The molecule has 5 nitrogen and oxygen atoms in total. The summed E-state index contributed by atoms with van der Waals surface area (Å²) >= 11 is 1.08. The molecule has 1 aromatic carbocycles. The first-order valence-electron chi connectivity index (χ1n) is 12.5. The van der Waals surface area contributed by atoms with Crippen molar-refractivity contribution < 1.29 is 13.2 Å². The summed E-state index contributed by atoms with van der Waals surface area (Å²) in [7, 11) is -3.25. The van der Waals surface area contributed by atoms with Crippen molar-refractivity contribution in [2.45, 2.75) is 96.8 Å². The summed E-state index contributed by atoms with van der Waals surface area (Å²) < 4.78 is 26.7. The van der Waals surface area contributed by atoms with Crippen molar-refractivity contribution in [2.75, 3.05) is 23.4 Å². The first-order valence-corrected chi connectivity index (χ1v) is 15.1. The molecule has 0 fully saturated rings. The Kier molecular flexibility index (Phi) is 17.6. The predicted octanol–water partition coefficient (Wildman–Crippen LogP) is 7.35. The molecule has 0 aliphatic carbocycles. The van der Waals surface area contributed by atoms with Crippen molar-refractivity contribution in [3.05, 3.63) is 30.3 Å². The van der Waals surface area contributed by atoms with E-state index < -0.39 is 10.0 Å². The summed E-state index contributed by atoms with van der Waals surface area (Å²) in [6.45, 7) is 2.53. The van der Waals surface area contributed by atoms with Crippen LogP contribution in [-0.4, -0.2) is 31.7 Å². The average molecular weight is 485 g/mol. The van der Waals surface area contributed by atoms with Gasteiger partial charge in [-0.25, -0.2) is 13.1 Å². The Bertz CT molecular complexity index is 682. The maximum Gasteiger partial charge on any atom is 0.283 e. The maximum absolute atomic E-state index is 12.1. The summed E-state index contributed by atoms with van der Waals surface area (Å²) in [5.74, 6) is 0.586. The fourth-order valence-corrected chi connectivity index (χ4v) is 5.43. The highest BCUT2D eigenvalue weighted by Gasteiger charge is 2.10. The monoisotopic (exact) mass is 484 g/mol. The van der Waals surface area contributed by atoms with Crippen LogP contribution in [0.25, 0.3) is 0 Å². The maximum atomic E-state index is 12.1. The number of thioether (sulfide) groups is 1. The number of para-hydroxylation sites is 1. The molecule has 0 radical (unpaired) electrons. The molecule has 7 heteroatoms. The lowest BCUT2D eigenvalue weighted by Crippen LogP contribution is -2.28. The molecule has 32 heavy (non-hydrogen) atoms. The number of hydrogen-bond acceptors (Lipinski definition) is 4. The SMILES string of the molecule is CCCCCCCCCCCCCCCCS(=O)(=O)NCCSC(=O)Nc1ccccc1. The van der Waals surface area contributed by atoms with Crippen LogP contribution in [0.15, 0.2) is 30.3 Å². The normalized spacial score (nSPS) is 11.5. The van der Waals surface area contributed by atoms with Crippen molar-refractivity contribution in [3.8, 4) is 0 Å². The zero-order valence-electron chi connectivity index (χ0n) is 19.9. The van der Waals surface area contributed by atoms with Gasteiger partial charge < -0.3 is 5.32 Å². The van der Waals surface area contributed by atoms with E-state index in [0.29, 0.717) is 12.2 Å². The number of hydrogen-bond donors (Lipinski definition) is 2. The minimum absolute atomic E-state index is 0.173. The number of unbranched alkanes of at least 4 members (excludes halogenated alkanes) is 13. The molecular formula is C25H44N2O3S2. The van der Waals surface area contributed by atoms with Gasteiger partial charge >= 0.3 is 0 Å². The van der Waals surface area contributed by atoms with Crippen LogP contribution in [0.4, 0.5) is 10.5 Å². The highest BCUT2D eigenvalue weighted by Crippen LogP contribution is 2.13. The number of amides is 1. The number of benzene rings is 1. The smallest absolute Gasteiger partial charge is 0.283 e. The second-order valence-electron chi connectivity index (χ2n) is 8.44. The molecular weight excluding hydrogens is 440 g/mol. The largest absolute Gasteiger partial charge is 0.317 e. The molecule has 0 spiro atoms. The first-order chi connectivity index (χ1) is 15.5. The van der Waals surface area contributed by atoms with Gasteiger partial charge in [0, 0.05) is 18.0 Å². The molecule has 1 rings (SSSR count). The molecule has 0 aromatic heterocycles. The number of anilines is 1. The summed E-state index contributed by atoms with van der Waals surface area (Å²) in [5, 5.41) is 2.59. The molecule has 1 amide bonds. The third-order valence-electron chi connectivity index (χ3n) is 5.44. The van der Waals surface area contributed by atoms with E-state index in [2.05, 4.69) is 17.0 Å². The van der Waals surface area contributed by atoms with Gasteiger partial charge in [0.25, 0.3) is 5.24 Å². The Balaban J connectivity index is 1.90. The van der Waals surface area contributed by atoms with Crippen LogP contribution in [-0.2, 0) is 10.0 Å². The molecule has 0 atom stereocenters. The summed E-state index contributed by atoms with van der Waals surface area (Å²) in [6, 6.07) is 9.22. The van der Waals surface area contributed by atoms with Gasteiger partial charge in [0.2, 0.25) is 10.0 Å². The number of carbonyl (C=O) groups is 1. The third kappa shape index (κ3) is 17.5. The topological polar surface area (TPSA) is 75.3 Å². The molecule has 0 bridgehead atoms. The molecule has 184 valence electrons. The van der Waals surface area contributed by atoms with Crippen molar-refractivity contribution in [1.82, 2.24) is 4.72 Å². The fraction of sp³-hybridized carbons (Fsp3) is 0.720. The highest BCUT2D eigenvalue weighted by molar-refractivity contribution is 8.13. The average Bonchev–Trinajstić information content (AvgIpc) is 2.77. The van der Waals surface area contributed by atoms with E-state index >= 15 is 0 Å². The molecule has 0 unspecified atom stereocenters. The molecule has 0 saturated carbocycles. The number of carbonyl (C=O) groups excluding carboxylic acids is 1. The lowest BCUT2D eigenvalue weighted by molar-refractivity contribution is 0.270. The van der Waals surface area contributed by atoms with Gasteiger partial charge in [0.15, 0.2) is 0 Å². The van der Waals surface area contributed by atoms with Gasteiger partial charge in [0.1, 0.15) is 0 Å². The van der Waals surface area contributed by atoms with Crippen molar-refractivity contribution >= 4 is 32.7 Å². The van der Waals surface area contributed by atoms with Crippen molar-refractivity contribution in [3.63, 3.8) is 0 Å². The van der Waals surface area contributed by atoms with Crippen LogP contribution in [0.5, 0.6) is 0 Å². The highest BCUT2D eigenvalue weighted by atomic mass is 32.2. The van der Waals surface area contributed by atoms with Crippen molar-refractivity contribution in [2.24, 2.45) is 0 Å². The van der Waals surface area contributed by atoms with Gasteiger partial charge in [-0.3, -0.25) is 4.79 Å². The van der Waals surface area contributed by atoms with E-state index in [9.17, 15) is 13.2 Å². The van der Waals surface area contributed by atoms with E-state index in [1.807, 2.05) is 30.3 Å². The Morgan fingerprint density at radius 2 is 1.28 bits per heavy atom. The fourth-order valence-electron chi connectivity index (χ4n) is 3.58. The quantitative estimate of drug-likeness (QED) is 0.190. The van der Waals surface area contributed by atoms with Gasteiger partial charge in [-0.05, 0) is 18.6 Å². The lowest BCUT2D eigenvalue weighted by atomic mass is 10.0. The standard InChI is InChI=1S/C25H44N2O3S2/c1-2-3-4-5-6-7-8-9-10-11-12-13-14-18-23-32(29,30)26-21-22-31-25(28)27-24-19-16-15-17-20-24/h15-17,19-20,26H,2-14,18,21-23H2,1H3,(H,27,28). The second kappa shape index (κ2) is 19.4. The molecule has 0 saturated heterocycles. The van der Waals surface area contributed by atoms with E-state index in [1.54, 1.807) is 0 Å². The molecule has 0 aliphatic heterocycles. The minimum Gasteiger partial charge on any atom is -0.317 e. The molecule has 0 heterocycles. The Hall–Kier alpha value is -1.05. The Morgan fingerprint density at radius 3 is 1.81 bits per heavy atom. The second-order valence-corrected chi connectivity index (χ2v) is 11.4. The first kappa shape index (κ1) is 29.0. The van der Waals surface area contributed by atoms with Crippen LogP contribution in [0.3, 0.4) is 0 Å². The van der Waals surface area contributed by atoms with E-state index in [0.717, 1.165) is 30.3 Å². The van der Waals surface area contributed by atoms with Gasteiger partial charge in [-0.1, -0.05) is 120 Å². The summed E-state index contributed by atoms with van der Waals surface area (Å²) in [5.41, 5.74) is 0.739. The Morgan fingerprint density at radius 1 is 0.781 bits per heavy atom. The van der Waals surface area contributed by atoms with Crippen molar-refractivity contribution in [1.29, 1.82) is 0 Å².